The first-order chi connectivity index (χ1) is 13.2. The van der Waals surface area contributed by atoms with Gasteiger partial charge in [-0.05, 0) is 30.2 Å². The molecule has 7 nitrogen and oxygen atoms in total. The van der Waals surface area contributed by atoms with E-state index in [2.05, 4.69) is 16.0 Å². The van der Waals surface area contributed by atoms with Gasteiger partial charge in [-0.25, -0.2) is 4.79 Å². The fourth-order valence-electron chi connectivity index (χ4n) is 2.76. The standard InChI is InChI=1S/C21H33N3O4/c1-14(2)11-17(19(25)22-5)23-20(26)18(12-15(3)4)24-21(27)28-13-16-9-7-6-8-10-16/h6-10,14-15,17-18H,11-13H2,1-5H3,(H,22,25)(H,23,26)(H,24,27). The Hall–Kier alpha value is -2.57. The molecule has 2 atom stereocenters. The van der Waals surface area contributed by atoms with Gasteiger partial charge in [0.2, 0.25) is 11.8 Å². The molecular formula is C21H33N3O4. The van der Waals surface area contributed by atoms with Crippen LogP contribution in [0, 0.1) is 11.8 Å². The molecule has 0 bridgehead atoms. The predicted octanol–water partition coefficient (Wildman–Crippen LogP) is 2.60. The van der Waals surface area contributed by atoms with Crippen molar-refractivity contribution in [3.8, 4) is 0 Å². The van der Waals surface area contributed by atoms with Crippen LogP contribution >= 0.6 is 0 Å². The number of hydrogen-bond acceptors (Lipinski definition) is 4. The predicted molar refractivity (Wildman–Crippen MR) is 108 cm³/mol. The van der Waals surface area contributed by atoms with Crippen LogP contribution in [0.15, 0.2) is 30.3 Å². The normalized spacial score (nSPS) is 13.0. The molecule has 2 unspecified atom stereocenters. The molecule has 0 aliphatic heterocycles. The summed E-state index contributed by atoms with van der Waals surface area (Å²) in [5.41, 5.74) is 0.860. The van der Waals surface area contributed by atoms with Crippen LogP contribution in [-0.4, -0.2) is 37.0 Å². The number of rotatable bonds is 10. The Bertz CT molecular complexity index is 632. The number of carbonyl (C=O) groups excluding carboxylic acids is 3. The maximum Gasteiger partial charge on any atom is 0.408 e. The van der Waals surface area contributed by atoms with E-state index in [1.165, 1.54) is 7.05 Å². The Morgan fingerprint density at radius 2 is 1.39 bits per heavy atom. The number of likely N-dealkylation sites (N-methyl/N-ethyl adjacent to an activating group) is 1. The van der Waals surface area contributed by atoms with Crippen molar-refractivity contribution >= 4 is 17.9 Å². The second kappa shape index (κ2) is 12.0. The van der Waals surface area contributed by atoms with Gasteiger partial charge in [-0.2, -0.15) is 0 Å². The van der Waals surface area contributed by atoms with E-state index in [0.717, 1.165) is 5.56 Å². The minimum atomic E-state index is -0.775. The summed E-state index contributed by atoms with van der Waals surface area (Å²) in [5, 5.41) is 7.96. The van der Waals surface area contributed by atoms with E-state index in [4.69, 9.17) is 4.74 Å². The monoisotopic (exact) mass is 391 g/mol. The van der Waals surface area contributed by atoms with Crippen molar-refractivity contribution in [1.82, 2.24) is 16.0 Å². The molecule has 7 heteroatoms. The minimum absolute atomic E-state index is 0.122. The maximum atomic E-state index is 12.7. The molecule has 0 heterocycles. The van der Waals surface area contributed by atoms with Gasteiger partial charge in [-0.15, -0.1) is 0 Å². The molecule has 28 heavy (non-hydrogen) atoms. The summed E-state index contributed by atoms with van der Waals surface area (Å²) in [7, 11) is 1.53. The fraction of sp³-hybridized carbons (Fsp3) is 0.571. The Morgan fingerprint density at radius 1 is 0.857 bits per heavy atom. The molecule has 0 spiro atoms. The van der Waals surface area contributed by atoms with Crippen LogP contribution in [0.25, 0.3) is 0 Å². The number of alkyl carbamates (subject to hydrolysis) is 1. The Morgan fingerprint density at radius 3 is 1.89 bits per heavy atom. The first-order valence-corrected chi connectivity index (χ1v) is 9.72. The summed E-state index contributed by atoms with van der Waals surface area (Å²) in [6, 6.07) is 7.89. The molecule has 1 aromatic rings. The third-order valence-corrected chi connectivity index (χ3v) is 4.11. The van der Waals surface area contributed by atoms with Gasteiger partial charge in [0.15, 0.2) is 0 Å². The summed E-state index contributed by atoms with van der Waals surface area (Å²) in [4.78, 5) is 37.0. The molecular weight excluding hydrogens is 358 g/mol. The number of benzene rings is 1. The second-order valence-corrected chi connectivity index (χ2v) is 7.69. The number of ether oxygens (including phenoxy) is 1. The van der Waals surface area contributed by atoms with E-state index in [1.807, 2.05) is 58.0 Å². The van der Waals surface area contributed by atoms with Crippen LogP contribution in [0.1, 0.15) is 46.1 Å². The molecule has 0 aromatic heterocycles. The van der Waals surface area contributed by atoms with Crippen molar-refractivity contribution < 1.29 is 19.1 Å². The van der Waals surface area contributed by atoms with Crippen LogP contribution < -0.4 is 16.0 Å². The third kappa shape index (κ3) is 8.88. The summed E-state index contributed by atoms with van der Waals surface area (Å²) in [6.45, 7) is 8.00. The maximum absolute atomic E-state index is 12.7. The van der Waals surface area contributed by atoms with E-state index in [9.17, 15) is 14.4 Å². The summed E-state index contributed by atoms with van der Waals surface area (Å²) < 4.78 is 5.22. The highest BCUT2D eigenvalue weighted by Gasteiger charge is 2.27. The topological polar surface area (TPSA) is 96.5 Å². The molecule has 0 aliphatic rings. The lowest BCUT2D eigenvalue weighted by Crippen LogP contribution is -2.54. The highest BCUT2D eigenvalue weighted by molar-refractivity contribution is 5.91. The van der Waals surface area contributed by atoms with Gasteiger partial charge in [-0.3, -0.25) is 9.59 Å². The summed E-state index contributed by atoms with van der Waals surface area (Å²) in [6.07, 6.45) is 0.289. The Balaban J connectivity index is 2.72. The van der Waals surface area contributed by atoms with Gasteiger partial charge in [0.05, 0.1) is 0 Å². The molecule has 0 fully saturated rings. The van der Waals surface area contributed by atoms with Gasteiger partial charge < -0.3 is 20.7 Å². The first-order valence-electron chi connectivity index (χ1n) is 9.72. The Labute approximate surface area is 167 Å². The van der Waals surface area contributed by atoms with Gasteiger partial charge in [0.1, 0.15) is 18.7 Å². The van der Waals surface area contributed by atoms with Crippen LogP contribution in [0.2, 0.25) is 0 Å². The van der Waals surface area contributed by atoms with Gasteiger partial charge in [0.25, 0.3) is 0 Å². The molecule has 1 rings (SSSR count). The summed E-state index contributed by atoms with van der Waals surface area (Å²) >= 11 is 0. The lowest BCUT2D eigenvalue weighted by atomic mass is 10.0. The van der Waals surface area contributed by atoms with Crippen molar-refractivity contribution in [2.45, 2.75) is 59.2 Å². The van der Waals surface area contributed by atoms with E-state index >= 15 is 0 Å². The van der Waals surface area contributed by atoms with Crippen molar-refractivity contribution in [3.63, 3.8) is 0 Å². The highest BCUT2D eigenvalue weighted by atomic mass is 16.5. The van der Waals surface area contributed by atoms with E-state index < -0.39 is 18.2 Å². The molecule has 1 aromatic carbocycles. The van der Waals surface area contributed by atoms with Crippen LogP contribution in [0.4, 0.5) is 4.79 Å². The molecule has 3 N–H and O–H groups in total. The molecule has 3 amide bonds. The second-order valence-electron chi connectivity index (χ2n) is 7.69. The van der Waals surface area contributed by atoms with E-state index in [1.54, 1.807) is 0 Å². The average Bonchev–Trinajstić information content (AvgIpc) is 2.64. The smallest absolute Gasteiger partial charge is 0.408 e. The van der Waals surface area contributed by atoms with Gasteiger partial charge in [-0.1, -0.05) is 58.0 Å². The number of hydrogen-bond donors (Lipinski definition) is 3. The lowest BCUT2D eigenvalue weighted by molar-refractivity contribution is -0.130. The zero-order chi connectivity index (χ0) is 21.1. The lowest BCUT2D eigenvalue weighted by Gasteiger charge is -2.24. The van der Waals surface area contributed by atoms with Crippen LogP contribution in [0.3, 0.4) is 0 Å². The summed E-state index contributed by atoms with van der Waals surface area (Å²) in [5.74, 6) is -0.236. The van der Waals surface area contributed by atoms with Crippen LogP contribution in [0.5, 0.6) is 0 Å². The molecule has 156 valence electrons. The largest absolute Gasteiger partial charge is 0.445 e. The Kier molecular flexibility index (Phi) is 10.1. The highest BCUT2D eigenvalue weighted by Crippen LogP contribution is 2.09. The minimum Gasteiger partial charge on any atom is -0.445 e. The molecule has 0 saturated heterocycles. The average molecular weight is 392 g/mol. The van der Waals surface area contributed by atoms with Crippen molar-refractivity contribution in [2.24, 2.45) is 11.8 Å². The number of carbonyl (C=O) groups is 3. The third-order valence-electron chi connectivity index (χ3n) is 4.11. The SMILES string of the molecule is CNC(=O)C(CC(C)C)NC(=O)C(CC(C)C)NC(=O)OCc1ccccc1. The van der Waals surface area contributed by atoms with Crippen molar-refractivity contribution in [2.75, 3.05) is 7.05 Å². The zero-order valence-electron chi connectivity index (χ0n) is 17.5. The molecule has 0 radical (unpaired) electrons. The molecule has 0 saturated carbocycles. The quantitative estimate of drug-likeness (QED) is 0.571. The number of nitrogens with one attached hydrogen (secondary N) is 3. The fourth-order valence-corrected chi connectivity index (χ4v) is 2.76. The van der Waals surface area contributed by atoms with Crippen molar-refractivity contribution in [1.29, 1.82) is 0 Å². The van der Waals surface area contributed by atoms with E-state index in [-0.39, 0.29) is 30.3 Å². The zero-order valence-corrected chi connectivity index (χ0v) is 17.5. The number of amides is 3. The van der Waals surface area contributed by atoms with Gasteiger partial charge >= 0.3 is 6.09 Å². The van der Waals surface area contributed by atoms with Crippen LogP contribution in [-0.2, 0) is 20.9 Å². The van der Waals surface area contributed by atoms with Crippen molar-refractivity contribution in [3.05, 3.63) is 35.9 Å². The van der Waals surface area contributed by atoms with E-state index in [0.29, 0.717) is 12.8 Å². The van der Waals surface area contributed by atoms with Gasteiger partial charge in [0, 0.05) is 7.05 Å². The molecule has 0 aliphatic carbocycles. The first kappa shape index (κ1) is 23.5.